The van der Waals surface area contributed by atoms with Gasteiger partial charge in [0.1, 0.15) is 13.2 Å². The summed E-state index contributed by atoms with van der Waals surface area (Å²) in [5.74, 6) is 3.23. The van der Waals surface area contributed by atoms with Gasteiger partial charge in [-0.15, -0.1) is 0 Å². The Hall–Kier alpha value is -3.60. The molecule has 5 heteroatoms. The predicted molar refractivity (Wildman–Crippen MR) is 160 cm³/mol. The van der Waals surface area contributed by atoms with Gasteiger partial charge >= 0.3 is 0 Å². The number of nitrogens with one attached hydrogen (secondary N) is 1. The lowest BCUT2D eigenvalue weighted by atomic mass is 9.73. The van der Waals surface area contributed by atoms with Crippen molar-refractivity contribution in [3.8, 4) is 23.0 Å². The van der Waals surface area contributed by atoms with E-state index >= 15 is 0 Å². The van der Waals surface area contributed by atoms with E-state index in [0.717, 1.165) is 29.4 Å². The van der Waals surface area contributed by atoms with Gasteiger partial charge in [0.05, 0.1) is 0 Å². The minimum Gasteiger partial charge on any atom is -0.486 e. The Morgan fingerprint density at radius 2 is 1.35 bits per heavy atom. The van der Waals surface area contributed by atoms with Crippen LogP contribution in [0.15, 0.2) is 60.7 Å². The number of aromatic nitrogens is 1. The van der Waals surface area contributed by atoms with E-state index in [2.05, 4.69) is 102 Å². The zero-order chi connectivity index (χ0) is 28.3. The molecule has 4 aromatic rings. The molecule has 0 bridgehead atoms. The van der Waals surface area contributed by atoms with Crippen molar-refractivity contribution in [2.75, 3.05) is 13.2 Å². The number of para-hydroxylation sites is 1. The van der Waals surface area contributed by atoms with E-state index < -0.39 is 6.29 Å². The number of rotatable bonds is 5. The average molecular weight is 540 g/mol. The van der Waals surface area contributed by atoms with Gasteiger partial charge in [-0.3, -0.25) is 0 Å². The monoisotopic (exact) mass is 539 g/mol. The summed E-state index contributed by atoms with van der Waals surface area (Å²) in [5, 5.41) is 1.28. The molecule has 3 heterocycles. The number of benzene rings is 3. The van der Waals surface area contributed by atoms with Crippen molar-refractivity contribution >= 4 is 10.9 Å². The molecule has 1 N–H and O–H groups in total. The summed E-state index contributed by atoms with van der Waals surface area (Å²) in [6.07, 6.45) is 1.07. The van der Waals surface area contributed by atoms with Gasteiger partial charge in [-0.1, -0.05) is 78.8 Å². The second-order valence-corrected chi connectivity index (χ2v) is 13.7. The lowest BCUT2D eigenvalue weighted by Crippen LogP contribution is -2.35. The van der Waals surface area contributed by atoms with Crippen LogP contribution < -0.4 is 18.9 Å². The van der Waals surface area contributed by atoms with Gasteiger partial charge in [0.2, 0.25) is 6.29 Å². The Morgan fingerprint density at radius 1 is 0.700 bits per heavy atom. The molecule has 210 valence electrons. The maximum absolute atomic E-state index is 6.48. The molecule has 0 saturated heterocycles. The molecule has 40 heavy (non-hydrogen) atoms. The largest absolute Gasteiger partial charge is 0.486 e. The highest BCUT2D eigenvalue weighted by atomic mass is 16.7. The van der Waals surface area contributed by atoms with Crippen LogP contribution in [0.2, 0.25) is 0 Å². The molecule has 2 aliphatic rings. The maximum Gasteiger partial charge on any atom is 0.242 e. The Kier molecular flexibility index (Phi) is 6.32. The average Bonchev–Trinajstić information content (AvgIpc) is 3.47. The summed E-state index contributed by atoms with van der Waals surface area (Å²) in [4.78, 5) is 3.79. The lowest BCUT2D eigenvalue weighted by molar-refractivity contribution is 0.0219. The third kappa shape index (κ3) is 4.91. The van der Waals surface area contributed by atoms with E-state index in [-0.39, 0.29) is 16.2 Å². The highest BCUT2D eigenvalue weighted by Gasteiger charge is 2.39. The number of fused-ring (bicyclic) bond motifs is 3. The molecule has 2 unspecified atom stereocenters. The first-order valence-electron chi connectivity index (χ1n) is 14.4. The van der Waals surface area contributed by atoms with Crippen LogP contribution in [-0.4, -0.2) is 24.5 Å². The van der Waals surface area contributed by atoms with Crippen LogP contribution in [0.4, 0.5) is 0 Å². The van der Waals surface area contributed by atoms with Crippen molar-refractivity contribution in [3.05, 3.63) is 83.0 Å². The maximum atomic E-state index is 6.48. The van der Waals surface area contributed by atoms with Crippen LogP contribution in [0.1, 0.15) is 77.3 Å². The van der Waals surface area contributed by atoms with Crippen LogP contribution in [0, 0.1) is 0 Å². The second-order valence-electron chi connectivity index (χ2n) is 13.7. The third-order valence-electron chi connectivity index (χ3n) is 8.28. The predicted octanol–water partition coefficient (Wildman–Crippen LogP) is 8.22. The molecular weight excluding hydrogens is 498 g/mol. The zero-order valence-electron chi connectivity index (χ0n) is 24.8. The highest BCUT2D eigenvalue weighted by molar-refractivity contribution is 5.85. The van der Waals surface area contributed by atoms with Crippen LogP contribution in [0.25, 0.3) is 10.9 Å². The van der Waals surface area contributed by atoms with E-state index in [9.17, 15) is 0 Å². The van der Waals surface area contributed by atoms with Crippen molar-refractivity contribution in [2.45, 2.75) is 83.8 Å². The molecular formula is C35H41NO4. The van der Waals surface area contributed by atoms with Gasteiger partial charge in [-0.2, -0.15) is 0 Å². The summed E-state index contributed by atoms with van der Waals surface area (Å²) in [7, 11) is 0. The van der Waals surface area contributed by atoms with Crippen molar-refractivity contribution in [3.63, 3.8) is 0 Å². The van der Waals surface area contributed by atoms with Crippen molar-refractivity contribution in [1.29, 1.82) is 0 Å². The van der Waals surface area contributed by atoms with Crippen LogP contribution in [0.3, 0.4) is 0 Å². The Bertz CT molecular complexity index is 1550. The van der Waals surface area contributed by atoms with Gasteiger partial charge < -0.3 is 23.9 Å². The first-order chi connectivity index (χ1) is 18.9. The number of aromatic amines is 1. The molecule has 1 aromatic heterocycles. The summed E-state index contributed by atoms with van der Waals surface area (Å²) >= 11 is 0. The molecule has 2 aliphatic heterocycles. The van der Waals surface area contributed by atoms with Crippen molar-refractivity contribution < 1.29 is 18.9 Å². The van der Waals surface area contributed by atoms with Gasteiger partial charge in [0, 0.05) is 28.4 Å². The number of ether oxygens (including phenoxy) is 4. The Morgan fingerprint density at radius 3 is 2.10 bits per heavy atom. The van der Waals surface area contributed by atoms with Crippen LogP contribution in [0.5, 0.6) is 23.0 Å². The van der Waals surface area contributed by atoms with E-state index in [1.807, 2.05) is 12.1 Å². The van der Waals surface area contributed by atoms with Gasteiger partial charge in [0.25, 0.3) is 0 Å². The van der Waals surface area contributed by atoms with E-state index in [1.54, 1.807) is 0 Å². The molecule has 2 atom stereocenters. The van der Waals surface area contributed by atoms with E-state index in [0.29, 0.717) is 19.6 Å². The minimum absolute atomic E-state index is 0.0252. The lowest BCUT2D eigenvalue weighted by Gasteiger charge is -2.34. The van der Waals surface area contributed by atoms with Gasteiger partial charge in [0.15, 0.2) is 23.0 Å². The van der Waals surface area contributed by atoms with Crippen LogP contribution in [-0.2, 0) is 22.7 Å². The SMILES string of the molecule is CC(C)(C)c1ccc2c(c1)OC(CC(C)(Cc1[nH]c3ccccc3c1C(C)(C)C)c1ccc3c(c1)OCCO3)O2. The third-order valence-corrected chi connectivity index (χ3v) is 8.28. The fourth-order valence-electron chi connectivity index (χ4n) is 6.21. The zero-order valence-corrected chi connectivity index (χ0v) is 24.8. The molecule has 0 spiro atoms. The standard InChI is InChI=1S/C35H41NO4/c1-33(2,3)22-12-15-28-30(18-22)40-31(39-28)21-35(7,23-13-14-27-29(19-23)38-17-16-37-27)20-26-32(34(4,5)6)24-10-8-9-11-25(24)36-26/h8-15,18-19,31,36H,16-17,20-21H2,1-7H3. The summed E-state index contributed by atoms with van der Waals surface area (Å²) < 4.78 is 24.7. The van der Waals surface area contributed by atoms with E-state index in [1.165, 1.54) is 33.3 Å². The molecule has 0 amide bonds. The number of hydrogen-bond donors (Lipinski definition) is 1. The molecule has 0 fully saturated rings. The van der Waals surface area contributed by atoms with Gasteiger partial charge in [-0.05, 0) is 64.3 Å². The van der Waals surface area contributed by atoms with E-state index in [4.69, 9.17) is 18.9 Å². The number of hydrogen-bond acceptors (Lipinski definition) is 4. The Labute approximate surface area is 237 Å². The molecule has 0 radical (unpaired) electrons. The molecule has 3 aromatic carbocycles. The topological polar surface area (TPSA) is 52.7 Å². The summed E-state index contributed by atoms with van der Waals surface area (Å²) in [6.45, 7) is 17.0. The smallest absolute Gasteiger partial charge is 0.242 e. The van der Waals surface area contributed by atoms with Gasteiger partial charge in [-0.25, -0.2) is 0 Å². The quantitative estimate of drug-likeness (QED) is 0.278. The first-order valence-corrected chi connectivity index (χ1v) is 14.4. The fourth-order valence-corrected chi connectivity index (χ4v) is 6.21. The van der Waals surface area contributed by atoms with Crippen LogP contribution >= 0.6 is 0 Å². The summed E-state index contributed by atoms with van der Waals surface area (Å²) in [6, 6.07) is 21.3. The normalized spacial score (nSPS) is 18.1. The first kappa shape index (κ1) is 26.6. The molecule has 6 rings (SSSR count). The second kappa shape index (κ2) is 9.50. The molecule has 0 saturated carbocycles. The summed E-state index contributed by atoms with van der Waals surface area (Å²) in [5.41, 5.74) is 5.87. The highest BCUT2D eigenvalue weighted by Crippen LogP contribution is 2.45. The molecule has 0 aliphatic carbocycles. The van der Waals surface area contributed by atoms with Crippen molar-refractivity contribution in [2.24, 2.45) is 0 Å². The number of H-pyrrole nitrogens is 1. The minimum atomic E-state index is -0.397. The Balaban J connectivity index is 1.39. The van der Waals surface area contributed by atoms with Crippen molar-refractivity contribution in [1.82, 2.24) is 4.98 Å². The molecule has 5 nitrogen and oxygen atoms in total. The fraction of sp³-hybridized carbons (Fsp3) is 0.429.